The van der Waals surface area contributed by atoms with Crippen molar-refractivity contribution >= 4 is 23.0 Å². The van der Waals surface area contributed by atoms with Gasteiger partial charge in [-0.1, -0.05) is 49.2 Å². The van der Waals surface area contributed by atoms with E-state index < -0.39 is 16.4 Å². The van der Waals surface area contributed by atoms with E-state index in [0.29, 0.717) is 0 Å². The Morgan fingerprint density at radius 2 is 1.58 bits per heavy atom. The van der Waals surface area contributed by atoms with E-state index in [2.05, 4.69) is 10.6 Å². The van der Waals surface area contributed by atoms with Crippen LogP contribution in [0.2, 0.25) is 0 Å². The van der Waals surface area contributed by atoms with Gasteiger partial charge in [0, 0.05) is 14.1 Å². The maximum Gasteiger partial charge on any atom is 0.257 e. The fourth-order valence-electron chi connectivity index (χ4n) is 4.28. The molecule has 0 saturated heterocycles. The first-order chi connectivity index (χ1) is 14.8. The van der Waals surface area contributed by atoms with Gasteiger partial charge in [-0.25, -0.2) is 0 Å². The summed E-state index contributed by atoms with van der Waals surface area (Å²) in [6, 6.07) is 14.6. The third kappa shape index (κ3) is 3.56. The number of nitrogens with one attached hydrogen (secondary N) is 2. The SMILES string of the molecule is CN(C)C(=O)c1cccc(Nc2c(NC3(c4ccccc4)CCCC3)c(=O)c2=O)c1O. The zero-order chi connectivity index (χ0) is 22.2. The average molecular weight is 419 g/mol. The first-order valence-corrected chi connectivity index (χ1v) is 10.3. The second-order valence-electron chi connectivity index (χ2n) is 8.21. The first kappa shape index (κ1) is 20.7. The molecule has 0 spiro atoms. The maximum absolute atomic E-state index is 12.4. The molecule has 160 valence electrons. The highest BCUT2D eigenvalue weighted by Crippen LogP contribution is 2.42. The van der Waals surface area contributed by atoms with Gasteiger partial charge in [0.2, 0.25) is 0 Å². The number of hydrogen-bond acceptors (Lipinski definition) is 6. The van der Waals surface area contributed by atoms with Gasteiger partial charge in [0.25, 0.3) is 16.8 Å². The standard InChI is InChI=1S/C24H25N3O4/c1-27(2)23(31)16-11-8-12-17(20(16)28)25-18-19(22(30)21(18)29)26-24(13-6-7-14-24)15-9-4-3-5-10-15/h3-5,8-12,25-26,28H,6-7,13-14H2,1-2H3. The molecule has 31 heavy (non-hydrogen) atoms. The van der Waals surface area contributed by atoms with Crippen LogP contribution in [0.15, 0.2) is 58.1 Å². The number of anilines is 3. The van der Waals surface area contributed by atoms with Crippen LogP contribution in [-0.4, -0.2) is 30.0 Å². The molecule has 1 aliphatic rings. The highest BCUT2D eigenvalue weighted by molar-refractivity contribution is 5.99. The second-order valence-corrected chi connectivity index (χ2v) is 8.21. The molecule has 7 nitrogen and oxygen atoms in total. The van der Waals surface area contributed by atoms with Gasteiger partial charge >= 0.3 is 0 Å². The van der Waals surface area contributed by atoms with E-state index in [0.717, 1.165) is 31.2 Å². The number of aromatic hydroxyl groups is 1. The Morgan fingerprint density at radius 3 is 2.23 bits per heavy atom. The van der Waals surface area contributed by atoms with Crippen LogP contribution in [0, 0.1) is 0 Å². The number of hydrogen-bond donors (Lipinski definition) is 3. The number of para-hydroxylation sites is 1. The van der Waals surface area contributed by atoms with Crippen molar-refractivity contribution in [3.05, 3.63) is 80.1 Å². The van der Waals surface area contributed by atoms with Crippen LogP contribution in [0.1, 0.15) is 41.6 Å². The summed E-state index contributed by atoms with van der Waals surface area (Å²) in [7, 11) is 3.18. The Labute approximate surface area is 180 Å². The normalized spacial score (nSPS) is 15.0. The lowest BCUT2D eigenvalue weighted by atomic mass is 9.87. The third-order valence-corrected chi connectivity index (χ3v) is 5.99. The number of rotatable bonds is 6. The van der Waals surface area contributed by atoms with Crippen LogP contribution in [0.4, 0.5) is 17.1 Å². The summed E-state index contributed by atoms with van der Waals surface area (Å²) >= 11 is 0. The monoisotopic (exact) mass is 419 g/mol. The summed E-state index contributed by atoms with van der Waals surface area (Å²) < 4.78 is 0. The molecule has 0 aliphatic heterocycles. The Morgan fingerprint density at radius 1 is 0.935 bits per heavy atom. The Hall–Kier alpha value is -3.61. The van der Waals surface area contributed by atoms with Crippen molar-refractivity contribution in [2.45, 2.75) is 31.2 Å². The van der Waals surface area contributed by atoms with Crippen LogP contribution in [-0.2, 0) is 5.54 Å². The van der Waals surface area contributed by atoms with E-state index in [-0.39, 0.29) is 34.3 Å². The van der Waals surface area contributed by atoms with Crippen molar-refractivity contribution in [1.29, 1.82) is 0 Å². The molecule has 0 atom stereocenters. The molecule has 3 aromatic carbocycles. The minimum Gasteiger partial charge on any atom is -0.505 e. The Bertz CT molecular complexity index is 1190. The number of amides is 1. The molecule has 1 aliphatic carbocycles. The van der Waals surface area contributed by atoms with Gasteiger partial charge in [-0.05, 0) is 30.5 Å². The molecule has 3 N–H and O–H groups in total. The van der Waals surface area contributed by atoms with E-state index in [9.17, 15) is 19.5 Å². The quantitative estimate of drug-likeness (QED) is 0.419. The molecule has 0 aromatic heterocycles. The number of phenols is 1. The average Bonchev–Trinajstić information content (AvgIpc) is 3.27. The number of nitrogens with zero attached hydrogens (tertiary/aromatic N) is 1. The van der Waals surface area contributed by atoms with Crippen LogP contribution in [0.5, 0.6) is 5.75 Å². The number of benzene rings is 2. The molecule has 1 amide bonds. The Kier molecular flexibility index (Phi) is 5.27. The summed E-state index contributed by atoms with van der Waals surface area (Å²) in [5, 5.41) is 16.8. The zero-order valence-electron chi connectivity index (χ0n) is 17.6. The minimum atomic E-state index is -0.646. The summed E-state index contributed by atoms with van der Waals surface area (Å²) in [5.74, 6) is -0.627. The summed E-state index contributed by atoms with van der Waals surface area (Å²) in [5.41, 5.74) is 0.0781. The molecule has 4 rings (SSSR count). The van der Waals surface area contributed by atoms with Gasteiger partial charge in [-0.3, -0.25) is 14.4 Å². The molecular formula is C24H25N3O4. The highest BCUT2D eigenvalue weighted by Gasteiger charge is 2.38. The number of phenolic OH excluding ortho intramolecular Hbond substituents is 1. The molecule has 0 heterocycles. The van der Waals surface area contributed by atoms with Crippen LogP contribution < -0.4 is 21.5 Å². The van der Waals surface area contributed by atoms with E-state index >= 15 is 0 Å². The van der Waals surface area contributed by atoms with Gasteiger partial charge in [-0.15, -0.1) is 0 Å². The number of carbonyl (C=O) groups excluding carboxylic acids is 1. The van der Waals surface area contributed by atoms with Crippen LogP contribution in [0.3, 0.4) is 0 Å². The summed E-state index contributed by atoms with van der Waals surface area (Å²) in [6.07, 6.45) is 3.76. The van der Waals surface area contributed by atoms with E-state index in [1.807, 2.05) is 30.3 Å². The summed E-state index contributed by atoms with van der Waals surface area (Å²) in [6.45, 7) is 0. The van der Waals surface area contributed by atoms with E-state index in [1.165, 1.54) is 11.0 Å². The Balaban J connectivity index is 1.68. The van der Waals surface area contributed by atoms with Crippen molar-refractivity contribution in [2.24, 2.45) is 0 Å². The lowest BCUT2D eigenvalue weighted by molar-refractivity contribution is 0.0824. The van der Waals surface area contributed by atoms with E-state index in [1.54, 1.807) is 26.2 Å². The smallest absolute Gasteiger partial charge is 0.257 e. The molecule has 0 unspecified atom stereocenters. The molecule has 7 heteroatoms. The van der Waals surface area contributed by atoms with Gasteiger partial charge in [-0.2, -0.15) is 0 Å². The lowest BCUT2D eigenvalue weighted by Gasteiger charge is -2.33. The van der Waals surface area contributed by atoms with Crippen molar-refractivity contribution < 1.29 is 9.90 Å². The molecule has 3 aromatic rings. The van der Waals surface area contributed by atoms with E-state index in [4.69, 9.17) is 0 Å². The minimum absolute atomic E-state index is 0.108. The molecule has 1 fully saturated rings. The van der Waals surface area contributed by atoms with Gasteiger partial charge in [0.1, 0.15) is 11.4 Å². The molecule has 0 radical (unpaired) electrons. The van der Waals surface area contributed by atoms with Crippen LogP contribution >= 0.6 is 0 Å². The third-order valence-electron chi connectivity index (χ3n) is 5.99. The van der Waals surface area contributed by atoms with Crippen molar-refractivity contribution in [3.63, 3.8) is 0 Å². The number of carbonyl (C=O) groups is 1. The first-order valence-electron chi connectivity index (χ1n) is 10.3. The predicted octanol–water partition coefficient (Wildman–Crippen LogP) is 3.32. The van der Waals surface area contributed by atoms with Crippen molar-refractivity contribution in [1.82, 2.24) is 4.90 Å². The van der Waals surface area contributed by atoms with Crippen LogP contribution in [0.25, 0.3) is 0 Å². The molecule has 1 saturated carbocycles. The van der Waals surface area contributed by atoms with Crippen molar-refractivity contribution in [3.8, 4) is 5.75 Å². The maximum atomic E-state index is 12.4. The van der Waals surface area contributed by atoms with Gasteiger partial charge in [0.05, 0.1) is 16.8 Å². The zero-order valence-corrected chi connectivity index (χ0v) is 17.6. The topological polar surface area (TPSA) is 98.7 Å². The molecule has 0 bridgehead atoms. The largest absolute Gasteiger partial charge is 0.505 e. The van der Waals surface area contributed by atoms with Gasteiger partial charge in [0.15, 0.2) is 5.75 Å². The van der Waals surface area contributed by atoms with Crippen molar-refractivity contribution in [2.75, 3.05) is 24.7 Å². The lowest BCUT2D eigenvalue weighted by Crippen LogP contribution is -2.42. The fourth-order valence-corrected chi connectivity index (χ4v) is 4.28. The molecular weight excluding hydrogens is 394 g/mol. The highest BCUT2D eigenvalue weighted by atomic mass is 16.3. The predicted molar refractivity (Wildman–Crippen MR) is 121 cm³/mol. The second kappa shape index (κ2) is 7.91. The summed E-state index contributed by atoms with van der Waals surface area (Å²) in [4.78, 5) is 38.4. The van der Waals surface area contributed by atoms with Gasteiger partial charge < -0.3 is 20.6 Å². The fraction of sp³-hybridized carbons (Fsp3) is 0.292.